The maximum Gasteiger partial charge on any atom is 0.251 e. The summed E-state index contributed by atoms with van der Waals surface area (Å²) in [5.74, 6) is 1.16. The highest BCUT2D eigenvalue weighted by molar-refractivity contribution is 5.94. The van der Waals surface area contributed by atoms with Crippen molar-refractivity contribution in [2.75, 3.05) is 13.7 Å². The predicted molar refractivity (Wildman–Crippen MR) is 72.8 cm³/mol. The van der Waals surface area contributed by atoms with Crippen LogP contribution in [-0.4, -0.2) is 25.6 Å². The SMILES string of the molecule is COc1ccc(C(=O)NC(CN)CC(C)C)cc1. The number of rotatable bonds is 6. The molecular weight excluding hydrogens is 228 g/mol. The van der Waals surface area contributed by atoms with Crippen LogP contribution in [0.1, 0.15) is 30.6 Å². The molecule has 0 saturated heterocycles. The molecule has 18 heavy (non-hydrogen) atoms. The van der Waals surface area contributed by atoms with Crippen molar-refractivity contribution in [3.63, 3.8) is 0 Å². The number of hydrogen-bond acceptors (Lipinski definition) is 3. The van der Waals surface area contributed by atoms with Crippen LogP contribution in [0.3, 0.4) is 0 Å². The molecular formula is C14H22N2O2. The summed E-state index contributed by atoms with van der Waals surface area (Å²) in [6, 6.07) is 7.07. The number of carbonyl (C=O) groups excluding carboxylic acids is 1. The molecule has 0 aromatic heterocycles. The lowest BCUT2D eigenvalue weighted by atomic mass is 10.0. The Morgan fingerprint density at radius 1 is 1.33 bits per heavy atom. The number of nitrogens with two attached hydrogens (primary N) is 1. The Balaban J connectivity index is 2.62. The molecule has 0 spiro atoms. The van der Waals surface area contributed by atoms with E-state index in [1.54, 1.807) is 31.4 Å². The molecule has 4 heteroatoms. The van der Waals surface area contributed by atoms with E-state index in [9.17, 15) is 4.79 Å². The topological polar surface area (TPSA) is 64.3 Å². The van der Waals surface area contributed by atoms with Crippen LogP contribution >= 0.6 is 0 Å². The zero-order valence-corrected chi connectivity index (χ0v) is 11.3. The first-order valence-electron chi connectivity index (χ1n) is 6.21. The molecule has 1 aromatic carbocycles. The smallest absolute Gasteiger partial charge is 0.251 e. The molecule has 1 rings (SSSR count). The van der Waals surface area contributed by atoms with Gasteiger partial charge in [0, 0.05) is 18.2 Å². The van der Waals surface area contributed by atoms with E-state index in [1.807, 2.05) is 0 Å². The standard InChI is InChI=1S/C14H22N2O2/c1-10(2)8-12(9-15)16-14(17)11-4-6-13(18-3)7-5-11/h4-7,10,12H,8-9,15H2,1-3H3,(H,16,17). The van der Waals surface area contributed by atoms with Crippen molar-refractivity contribution >= 4 is 5.91 Å². The first kappa shape index (κ1) is 14.5. The van der Waals surface area contributed by atoms with Crippen LogP contribution < -0.4 is 15.8 Å². The monoisotopic (exact) mass is 250 g/mol. The summed E-state index contributed by atoms with van der Waals surface area (Å²) in [7, 11) is 1.60. The average Bonchev–Trinajstić information content (AvgIpc) is 2.37. The fourth-order valence-electron chi connectivity index (χ4n) is 1.79. The van der Waals surface area contributed by atoms with Crippen LogP contribution in [0.5, 0.6) is 5.75 Å². The molecule has 1 aromatic rings. The van der Waals surface area contributed by atoms with Crippen molar-refractivity contribution in [3.05, 3.63) is 29.8 Å². The Hall–Kier alpha value is -1.55. The lowest BCUT2D eigenvalue weighted by Gasteiger charge is -2.18. The minimum Gasteiger partial charge on any atom is -0.497 e. The molecule has 1 unspecified atom stereocenters. The lowest BCUT2D eigenvalue weighted by Crippen LogP contribution is -2.41. The van der Waals surface area contributed by atoms with Gasteiger partial charge in [0.2, 0.25) is 0 Å². The van der Waals surface area contributed by atoms with Crippen LogP contribution in [0.4, 0.5) is 0 Å². The molecule has 1 amide bonds. The molecule has 3 N–H and O–H groups in total. The van der Waals surface area contributed by atoms with E-state index >= 15 is 0 Å². The summed E-state index contributed by atoms with van der Waals surface area (Å²) in [5, 5.41) is 2.95. The van der Waals surface area contributed by atoms with E-state index in [4.69, 9.17) is 10.5 Å². The molecule has 100 valence electrons. The van der Waals surface area contributed by atoms with E-state index in [2.05, 4.69) is 19.2 Å². The summed E-state index contributed by atoms with van der Waals surface area (Å²) >= 11 is 0. The number of benzene rings is 1. The van der Waals surface area contributed by atoms with Gasteiger partial charge in [-0.25, -0.2) is 0 Å². The van der Waals surface area contributed by atoms with Gasteiger partial charge in [0.05, 0.1) is 7.11 Å². The fourth-order valence-corrected chi connectivity index (χ4v) is 1.79. The van der Waals surface area contributed by atoms with Crippen molar-refractivity contribution in [3.8, 4) is 5.75 Å². The van der Waals surface area contributed by atoms with Gasteiger partial charge in [-0.2, -0.15) is 0 Å². The Bertz CT molecular complexity index is 374. The van der Waals surface area contributed by atoms with E-state index in [1.165, 1.54) is 0 Å². The van der Waals surface area contributed by atoms with E-state index < -0.39 is 0 Å². The van der Waals surface area contributed by atoms with Gasteiger partial charge in [0.25, 0.3) is 5.91 Å². The minimum atomic E-state index is -0.0891. The summed E-state index contributed by atoms with van der Waals surface area (Å²) in [4.78, 5) is 12.0. The van der Waals surface area contributed by atoms with Crippen LogP contribution in [-0.2, 0) is 0 Å². The minimum absolute atomic E-state index is 0.0274. The molecule has 0 aliphatic carbocycles. The van der Waals surface area contributed by atoms with Gasteiger partial charge >= 0.3 is 0 Å². The van der Waals surface area contributed by atoms with E-state index in [0.29, 0.717) is 18.0 Å². The molecule has 0 saturated carbocycles. The number of amides is 1. The Labute approximate surface area is 109 Å². The first-order valence-corrected chi connectivity index (χ1v) is 6.21. The third-order valence-electron chi connectivity index (χ3n) is 2.73. The van der Waals surface area contributed by atoms with Gasteiger partial charge in [0.15, 0.2) is 0 Å². The van der Waals surface area contributed by atoms with Crippen LogP contribution in [0.2, 0.25) is 0 Å². The maximum atomic E-state index is 12.0. The van der Waals surface area contributed by atoms with Crippen LogP contribution in [0, 0.1) is 5.92 Å². The van der Waals surface area contributed by atoms with Gasteiger partial charge in [-0.3, -0.25) is 4.79 Å². The molecule has 0 heterocycles. The maximum absolute atomic E-state index is 12.0. The first-order chi connectivity index (χ1) is 8.56. The lowest BCUT2D eigenvalue weighted by molar-refractivity contribution is 0.0933. The Morgan fingerprint density at radius 3 is 2.39 bits per heavy atom. The number of methoxy groups -OCH3 is 1. The van der Waals surface area contributed by atoms with Crippen molar-refractivity contribution in [1.82, 2.24) is 5.32 Å². The largest absolute Gasteiger partial charge is 0.497 e. The second kappa shape index (κ2) is 7.01. The highest BCUT2D eigenvalue weighted by atomic mass is 16.5. The Morgan fingerprint density at radius 2 is 1.94 bits per heavy atom. The van der Waals surface area contributed by atoms with Crippen molar-refractivity contribution in [2.45, 2.75) is 26.3 Å². The zero-order chi connectivity index (χ0) is 13.5. The van der Waals surface area contributed by atoms with Crippen LogP contribution in [0.15, 0.2) is 24.3 Å². The molecule has 0 aliphatic heterocycles. The summed E-state index contributed by atoms with van der Waals surface area (Å²) in [5.41, 5.74) is 6.28. The Kier molecular flexibility index (Phi) is 5.65. The number of nitrogens with one attached hydrogen (secondary N) is 1. The normalized spacial score (nSPS) is 12.3. The molecule has 0 bridgehead atoms. The molecule has 4 nitrogen and oxygen atoms in total. The van der Waals surface area contributed by atoms with Gasteiger partial charge in [-0.05, 0) is 36.6 Å². The second-order valence-electron chi connectivity index (χ2n) is 4.76. The van der Waals surface area contributed by atoms with E-state index in [0.717, 1.165) is 12.2 Å². The zero-order valence-electron chi connectivity index (χ0n) is 11.3. The third kappa shape index (κ3) is 4.37. The number of ether oxygens (including phenoxy) is 1. The quantitative estimate of drug-likeness (QED) is 0.809. The van der Waals surface area contributed by atoms with Crippen molar-refractivity contribution in [1.29, 1.82) is 0 Å². The molecule has 1 atom stereocenters. The number of hydrogen-bond donors (Lipinski definition) is 2. The van der Waals surface area contributed by atoms with Gasteiger partial charge in [-0.1, -0.05) is 13.8 Å². The third-order valence-corrected chi connectivity index (χ3v) is 2.73. The predicted octanol–water partition coefficient (Wildman–Crippen LogP) is 1.80. The highest BCUT2D eigenvalue weighted by Gasteiger charge is 2.13. The summed E-state index contributed by atoms with van der Waals surface area (Å²) < 4.78 is 5.05. The summed E-state index contributed by atoms with van der Waals surface area (Å²) in [6.45, 7) is 4.68. The summed E-state index contributed by atoms with van der Waals surface area (Å²) in [6.07, 6.45) is 0.887. The van der Waals surface area contributed by atoms with Gasteiger partial charge in [0.1, 0.15) is 5.75 Å². The number of carbonyl (C=O) groups is 1. The van der Waals surface area contributed by atoms with Crippen molar-refractivity contribution in [2.24, 2.45) is 11.7 Å². The second-order valence-corrected chi connectivity index (χ2v) is 4.76. The fraction of sp³-hybridized carbons (Fsp3) is 0.500. The molecule has 0 fully saturated rings. The van der Waals surface area contributed by atoms with E-state index in [-0.39, 0.29) is 11.9 Å². The van der Waals surface area contributed by atoms with Crippen molar-refractivity contribution < 1.29 is 9.53 Å². The van der Waals surface area contributed by atoms with Gasteiger partial charge < -0.3 is 15.8 Å². The van der Waals surface area contributed by atoms with Gasteiger partial charge in [-0.15, -0.1) is 0 Å². The molecule has 0 aliphatic rings. The average molecular weight is 250 g/mol. The highest BCUT2D eigenvalue weighted by Crippen LogP contribution is 2.12. The van der Waals surface area contributed by atoms with Crippen LogP contribution in [0.25, 0.3) is 0 Å². The molecule has 0 radical (unpaired) electrons.